The third kappa shape index (κ3) is 8.92. The molecule has 0 aromatic heterocycles. The number of sulfonamides is 1. The summed E-state index contributed by atoms with van der Waals surface area (Å²) in [6.07, 6.45) is 2.15. The van der Waals surface area contributed by atoms with Gasteiger partial charge in [-0.15, -0.1) is 11.8 Å². The Morgan fingerprint density at radius 1 is 0.870 bits per heavy atom. The summed E-state index contributed by atoms with van der Waals surface area (Å²) in [5, 5.41) is 2.97. The van der Waals surface area contributed by atoms with Gasteiger partial charge in [0.2, 0.25) is 11.8 Å². The molecule has 1 N–H and O–H groups in total. The molecular weight excluding hydrogens is 619 g/mol. The second-order valence-electron chi connectivity index (χ2n) is 11.3. The van der Waals surface area contributed by atoms with E-state index in [1.807, 2.05) is 75.6 Å². The number of rotatable bonds is 14. The number of benzene rings is 4. The van der Waals surface area contributed by atoms with Crippen molar-refractivity contribution < 1.29 is 22.7 Å². The summed E-state index contributed by atoms with van der Waals surface area (Å²) in [5.74, 6) is -0.242. The second kappa shape index (κ2) is 15.8. The molecular formula is C36H41N3O5S2. The lowest BCUT2D eigenvalue weighted by atomic mass is 10.0. The van der Waals surface area contributed by atoms with Crippen molar-refractivity contribution in [2.24, 2.45) is 0 Å². The lowest BCUT2D eigenvalue weighted by Gasteiger charge is -2.34. The maximum atomic E-state index is 14.6. The van der Waals surface area contributed by atoms with E-state index in [4.69, 9.17) is 4.74 Å². The number of carbonyl (C=O) groups excluding carboxylic acids is 2. The lowest BCUT2D eigenvalue weighted by Crippen LogP contribution is -2.54. The van der Waals surface area contributed by atoms with E-state index in [1.54, 1.807) is 61.7 Å². The third-order valence-electron chi connectivity index (χ3n) is 7.44. The van der Waals surface area contributed by atoms with Crippen LogP contribution in [0.3, 0.4) is 0 Å². The largest absolute Gasteiger partial charge is 0.497 e. The van der Waals surface area contributed by atoms with Crippen LogP contribution in [0.15, 0.2) is 113 Å². The van der Waals surface area contributed by atoms with Crippen LogP contribution in [-0.2, 0) is 32.6 Å². The van der Waals surface area contributed by atoms with Gasteiger partial charge >= 0.3 is 0 Å². The van der Waals surface area contributed by atoms with Crippen molar-refractivity contribution in [1.29, 1.82) is 0 Å². The SMILES string of the molecule is COc1cccc(CN(C(=O)CN(c2ccc(C)cc2)S(=O)(=O)c2ccc(SC)cc2)[C@@H](Cc2ccccc2)C(=O)NC(C)C)c1. The normalized spacial score (nSPS) is 12.0. The molecule has 10 heteroatoms. The van der Waals surface area contributed by atoms with E-state index in [0.29, 0.717) is 11.4 Å². The molecule has 0 saturated carbocycles. The summed E-state index contributed by atoms with van der Waals surface area (Å²) in [7, 11) is -2.61. The molecule has 8 nitrogen and oxygen atoms in total. The molecule has 0 aliphatic carbocycles. The number of amides is 2. The van der Waals surface area contributed by atoms with Crippen LogP contribution in [0.5, 0.6) is 5.75 Å². The maximum absolute atomic E-state index is 14.6. The minimum Gasteiger partial charge on any atom is -0.497 e. The molecule has 0 bridgehead atoms. The van der Waals surface area contributed by atoms with E-state index in [0.717, 1.165) is 25.9 Å². The average Bonchev–Trinajstić information content (AvgIpc) is 3.05. The van der Waals surface area contributed by atoms with Gasteiger partial charge in [0.1, 0.15) is 18.3 Å². The average molecular weight is 660 g/mol. The van der Waals surface area contributed by atoms with E-state index in [2.05, 4.69) is 5.32 Å². The Bertz CT molecular complexity index is 1710. The van der Waals surface area contributed by atoms with Gasteiger partial charge in [-0.3, -0.25) is 13.9 Å². The zero-order valence-electron chi connectivity index (χ0n) is 26.8. The van der Waals surface area contributed by atoms with Gasteiger partial charge in [0.25, 0.3) is 10.0 Å². The van der Waals surface area contributed by atoms with Gasteiger partial charge in [0.15, 0.2) is 0 Å². The zero-order chi connectivity index (χ0) is 33.3. The highest BCUT2D eigenvalue weighted by atomic mass is 32.2. The van der Waals surface area contributed by atoms with Gasteiger partial charge in [0.05, 0.1) is 17.7 Å². The Balaban J connectivity index is 1.81. The maximum Gasteiger partial charge on any atom is 0.264 e. The van der Waals surface area contributed by atoms with E-state index in [-0.39, 0.29) is 29.8 Å². The topological polar surface area (TPSA) is 96.0 Å². The number of methoxy groups -OCH3 is 1. The number of carbonyl (C=O) groups is 2. The predicted octanol–water partition coefficient (Wildman–Crippen LogP) is 6.09. The van der Waals surface area contributed by atoms with Crippen LogP contribution < -0.4 is 14.4 Å². The number of nitrogens with zero attached hydrogens (tertiary/aromatic N) is 2. The minimum atomic E-state index is -4.17. The predicted molar refractivity (Wildman–Crippen MR) is 185 cm³/mol. The quantitative estimate of drug-likeness (QED) is 0.165. The lowest BCUT2D eigenvalue weighted by molar-refractivity contribution is -0.140. The summed E-state index contributed by atoms with van der Waals surface area (Å²) < 4.78 is 35.0. The van der Waals surface area contributed by atoms with Crippen molar-refractivity contribution in [2.75, 3.05) is 24.2 Å². The van der Waals surface area contributed by atoms with Crippen LogP contribution in [0.4, 0.5) is 5.69 Å². The van der Waals surface area contributed by atoms with Gasteiger partial charge < -0.3 is 15.0 Å². The molecule has 0 heterocycles. The molecule has 46 heavy (non-hydrogen) atoms. The standard InChI is InChI=1S/C36H41N3O5S2/c1-26(2)37-36(41)34(23-28-10-7-6-8-11-28)38(24-29-12-9-13-31(22-29)44-4)35(40)25-39(30-16-14-27(3)15-17-30)46(42,43)33-20-18-32(45-5)19-21-33/h6-22,26,34H,23-25H2,1-5H3,(H,37,41)/t34-/m0/s1. The van der Waals surface area contributed by atoms with Crippen LogP contribution in [0.25, 0.3) is 0 Å². The van der Waals surface area contributed by atoms with E-state index >= 15 is 0 Å². The van der Waals surface area contributed by atoms with Crippen LogP contribution in [0, 0.1) is 6.92 Å². The number of hydrogen-bond donors (Lipinski definition) is 1. The molecule has 0 saturated heterocycles. The molecule has 2 amide bonds. The van der Waals surface area contributed by atoms with Crippen LogP contribution in [0.1, 0.15) is 30.5 Å². The van der Waals surface area contributed by atoms with Crippen molar-refractivity contribution in [3.63, 3.8) is 0 Å². The number of thioether (sulfide) groups is 1. The minimum absolute atomic E-state index is 0.0588. The molecule has 4 aromatic carbocycles. The summed E-state index contributed by atoms with van der Waals surface area (Å²) >= 11 is 1.51. The first-order chi connectivity index (χ1) is 22.0. The van der Waals surface area contributed by atoms with Crippen LogP contribution in [0.2, 0.25) is 0 Å². The second-order valence-corrected chi connectivity index (χ2v) is 14.0. The highest BCUT2D eigenvalue weighted by molar-refractivity contribution is 7.98. The first-order valence-corrected chi connectivity index (χ1v) is 17.7. The number of aryl methyl sites for hydroxylation is 1. The van der Waals surface area contributed by atoms with Crippen molar-refractivity contribution in [1.82, 2.24) is 10.2 Å². The third-order valence-corrected chi connectivity index (χ3v) is 9.97. The molecule has 0 radical (unpaired) electrons. The highest BCUT2D eigenvalue weighted by Gasteiger charge is 2.35. The van der Waals surface area contributed by atoms with Crippen LogP contribution in [-0.4, -0.2) is 57.1 Å². The van der Waals surface area contributed by atoms with Crippen molar-refractivity contribution in [2.45, 2.75) is 55.6 Å². The first kappa shape index (κ1) is 34.6. The molecule has 0 fully saturated rings. The number of hydrogen-bond acceptors (Lipinski definition) is 6. The highest BCUT2D eigenvalue weighted by Crippen LogP contribution is 2.27. The van der Waals surface area contributed by atoms with Crippen LogP contribution >= 0.6 is 11.8 Å². The number of ether oxygens (including phenoxy) is 1. The summed E-state index contributed by atoms with van der Waals surface area (Å²) in [6, 6.07) is 29.2. The Hall–Kier alpha value is -4.28. The molecule has 1 atom stereocenters. The molecule has 0 spiro atoms. The smallest absolute Gasteiger partial charge is 0.264 e. The van der Waals surface area contributed by atoms with E-state index in [9.17, 15) is 18.0 Å². The van der Waals surface area contributed by atoms with E-state index < -0.39 is 28.5 Å². The number of nitrogens with one attached hydrogen (secondary N) is 1. The van der Waals surface area contributed by atoms with Crippen molar-refractivity contribution in [3.05, 3.63) is 120 Å². The fourth-order valence-electron chi connectivity index (χ4n) is 5.02. The van der Waals surface area contributed by atoms with Gasteiger partial charge in [-0.25, -0.2) is 8.42 Å². The van der Waals surface area contributed by atoms with Gasteiger partial charge in [0, 0.05) is 23.9 Å². The fourth-order valence-corrected chi connectivity index (χ4v) is 6.84. The number of anilines is 1. The first-order valence-electron chi connectivity index (χ1n) is 15.0. The molecule has 0 unspecified atom stereocenters. The monoisotopic (exact) mass is 659 g/mol. The van der Waals surface area contributed by atoms with Gasteiger partial charge in [-0.1, -0.05) is 60.2 Å². The van der Waals surface area contributed by atoms with Gasteiger partial charge in [-0.05, 0) is 86.7 Å². The Labute approximate surface area is 276 Å². The van der Waals surface area contributed by atoms with Crippen molar-refractivity contribution in [3.8, 4) is 5.75 Å². The molecule has 4 aromatic rings. The summed E-state index contributed by atoms with van der Waals surface area (Å²) in [6.45, 7) is 5.18. The molecule has 0 aliphatic heterocycles. The fraction of sp³-hybridized carbons (Fsp3) is 0.278. The Morgan fingerprint density at radius 3 is 2.13 bits per heavy atom. The molecule has 4 rings (SSSR count). The van der Waals surface area contributed by atoms with E-state index in [1.165, 1.54) is 16.7 Å². The van der Waals surface area contributed by atoms with Gasteiger partial charge in [-0.2, -0.15) is 0 Å². The summed E-state index contributed by atoms with van der Waals surface area (Å²) in [4.78, 5) is 30.8. The Morgan fingerprint density at radius 2 is 1.52 bits per heavy atom. The molecule has 242 valence electrons. The van der Waals surface area contributed by atoms with Crippen molar-refractivity contribution >= 4 is 39.3 Å². The zero-order valence-corrected chi connectivity index (χ0v) is 28.5. The molecule has 0 aliphatic rings. The summed E-state index contributed by atoms with van der Waals surface area (Å²) in [5.41, 5.74) is 2.90. The Kier molecular flexibility index (Phi) is 11.9.